The second-order valence-corrected chi connectivity index (χ2v) is 8.86. The first-order chi connectivity index (χ1) is 11.4. The Hall–Kier alpha value is -1.48. The SMILES string of the molecule is CC(C)C[C@H](NCP(=O)(O)[C@@H](N)CCC(=O)O)C(=O)N[C@@H](C)C(=O)O. The van der Waals surface area contributed by atoms with E-state index in [0.717, 1.165) is 0 Å². The zero-order chi connectivity index (χ0) is 19.8. The van der Waals surface area contributed by atoms with E-state index in [0.29, 0.717) is 6.42 Å². The Morgan fingerprint density at radius 2 is 1.72 bits per heavy atom. The molecule has 0 rings (SSSR count). The predicted molar refractivity (Wildman–Crippen MR) is 91.2 cm³/mol. The Morgan fingerprint density at radius 1 is 1.16 bits per heavy atom. The van der Waals surface area contributed by atoms with Crippen LogP contribution in [0.5, 0.6) is 0 Å². The molecule has 1 amide bonds. The maximum Gasteiger partial charge on any atom is 0.325 e. The number of hydrogen-bond donors (Lipinski definition) is 6. The van der Waals surface area contributed by atoms with Crippen LogP contribution in [0.3, 0.4) is 0 Å². The molecule has 11 heteroatoms. The van der Waals surface area contributed by atoms with Gasteiger partial charge in [0, 0.05) is 6.42 Å². The van der Waals surface area contributed by atoms with E-state index in [1.54, 1.807) is 0 Å². The molecule has 0 aliphatic carbocycles. The lowest BCUT2D eigenvalue weighted by molar-refractivity contribution is -0.141. The number of carbonyl (C=O) groups is 3. The molecule has 0 bridgehead atoms. The van der Waals surface area contributed by atoms with Gasteiger partial charge in [0.2, 0.25) is 13.3 Å². The van der Waals surface area contributed by atoms with Crippen LogP contribution in [-0.4, -0.2) is 57.1 Å². The fourth-order valence-corrected chi connectivity index (χ4v) is 3.21. The molecule has 0 heterocycles. The van der Waals surface area contributed by atoms with Crippen LogP contribution in [-0.2, 0) is 18.9 Å². The molecule has 0 saturated heterocycles. The van der Waals surface area contributed by atoms with Crippen molar-refractivity contribution in [3.8, 4) is 0 Å². The van der Waals surface area contributed by atoms with E-state index >= 15 is 0 Å². The first-order valence-electron chi connectivity index (χ1n) is 7.92. The van der Waals surface area contributed by atoms with Crippen molar-refractivity contribution in [1.82, 2.24) is 10.6 Å². The highest BCUT2D eigenvalue weighted by molar-refractivity contribution is 7.58. The normalized spacial score (nSPS) is 17.4. The first-order valence-corrected chi connectivity index (χ1v) is 9.83. The molecule has 0 aromatic carbocycles. The smallest absolute Gasteiger partial charge is 0.325 e. The molecule has 0 fully saturated rings. The lowest BCUT2D eigenvalue weighted by Gasteiger charge is -2.25. The van der Waals surface area contributed by atoms with Crippen LogP contribution < -0.4 is 16.4 Å². The van der Waals surface area contributed by atoms with Crippen molar-refractivity contribution in [3.63, 3.8) is 0 Å². The number of amides is 1. The average molecular weight is 381 g/mol. The van der Waals surface area contributed by atoms with Crippen LogP contribution in [0.2, 0.25) is 0 Å². The molecule has 146 valence electrons. The third kappa shape index (κ3) is 9.54. The van der Waals surface area contributed by atoms with Crippen molar-refractivity contribution < 1.29 is 34.1 Å². The van der Waals surface area contributed by atoms with Crippen molar-refractivity contribution in [2.24, 2.45) is 11.7 Å². The van der Waals surface area contributed by atoms with Crippen LogP contribution in [0.25, 0.3) is 0 Å². The number of carboxylic acids is 2. The highest BCUT2D eigenvalue weighted by Gasteiger charge is 2.31. The van der Waals surface area contributed by atoms with Crippen LogP contribution in [0, 0.1) is 5.92 Å². The fourth-order valence-electron chi connectivity index (χ4n) is 1.96. The Labute approximate surface area is 146 Å². The topological polar surface area (TPSA) is 179 Å². The molecule has 7 N–H and O–H groups in total. The molecule has 0 aliphatic rings. The summed E-state index contributed by atoms with van der Waals surface area (Å²) in [6, 6.07) is -1.96. The molecular weight excluding hydrogens is 353 g/mol. The van der Waals surface area contributed by atoms with Gasteiger partial charge in [0.05, 0.1) is 18.1 Å². The maximum absolute atomic E-state index is 12.2. The molecule has 4 atom stereocenters. The summed E-state index contributed by atoms with van der Waals surface area (Å²) >= 11 is 0. The second-order valence-electron chi connectivity index (χ2n) is 6.37. The minimum absolute atomic E-state index is 0.0714. The molecule has 0 radical (unpaired) electrons. The van der Waals surface area contributed by atoms with Gasteiger partial charge in [0.25, 0.3) is 0 Å². The number of carboxylic acid groups (broad SMARTS) is 2. The van der Waals surface area contributed by atoms with Crippen LogP contribution in [0.4, 0.5) is 0 Å². The van der Waals surface area contributed by atoms with Crippen molar-refractivity contribution in [2.75, 3.05) is 6.29 Å². The third-order valence-electron chi connectivity index (χ3n) is 3.49. The highest BCUT2D eigenvalue weighted by Crippen LogP contribution is 2.44. The molecule has 0 aliphatic heterocycles. The fraction of sp³-hybridized carbons (Fsp3) is 0.786. The Bertz CT molecular complexity index is 527. The largest absolute Gasteiger partial charge is 0.481 e. The van der Waals surface area contributed by atoms with Gasteiger partial charge in [-0.15, -0.1) is 0 Å². The van der Waals surface area contributed by atoms with Gasteiger partial charge >= 0.3 is 11.9 Å². The minimum atomic E-state index is -3.92. The van der Waals surface area contributed by atoms with Gasteiger partial charge < -0.3 is 26.2 Å². The summed E-state index contributed by atoms with van der Waals surface area (Å²) in [6.07, 6.45) is -0.651. The van der Waals surface area contributed by atoms with E-state index < -0.39 is 49.4 Å². The summed E-state index contributed by atoms with van der Waals surface area (Å²) in [5, 5.41) is 22.4. The summed E-state index contributed by atoms with van der Waals surface area (Å²) in [7, 11) is -3.92. The van der Waals surface area contributed by atoms with E-state index in [9.17, 15) is 23.8 Å². The molecule has 0 aromatic rings. The van der Waals surface area contributed by atoms with Crippen molar-refractivity contribution in [1.29, 1.82) is 0 Å². The number of aliphatic carboxylic acids is 2. The molecule has 0 saturated carbocycles. The third-order valence-corrected chi connectivity index (χ3v) is 5.42. The van der Waals surface area contributed by atoms with E-state index in [2.05, 4.69) is 10.6 Å². The molecule has 10 nitrogen and oxygen atoms in total. The summed E-state index contributed by atoms with van der Waals surface area (Å²) < 4.78 is 12.2. The summed E-state index contributed by atoms with van der Waals surface area (Å²) in [4.78, 5) is 43.5. The Kier molecular flexibility index (Phi) is 9.88. The van der Waals surface area contributed by atoms with Gasteiger partial charge in [0.15, 0.2) is 0 Å². The van der Waals surface area contributed by atoms with Gasteiger partial charge in [-0.25, -0.2) is 0 Å². The molecule has 1 unspecified atom stereocenters. The van der Waals surface area contributed by atoms with Gasteiger partial charge in [0.1, 0.15) is 6.04 Å². The van der Waals surface area contributed by atoms with Crippen LogP contribution >= 0.6 is 7.37 Å². The van der Waals surface area contributed by atoms with Gasteiger partial charge in [-0.05, 0) is 25.7 Å². The summed E-state index contributed by atoms with van der Waals surface area (Å²) in [5.74, 6) is -4.06. The van der Waals surface area contributed by atoms with E-state index in [-0.39, 0.29) is 18.8 Å². The van der Waals surface area contributed by atoms with E-state index in [1.165, 1.54) is 6.92 Å². The van der Waals surface area contributed by atoms with E-state index in [1.807, 2.05) is 13.8 Å². The molecule has 0 spiro atoms. The van der Waals surface area contributed by atoms with Crippen molar-refractivity contribution >= 4 is 25.2 Å². The van der Waals surface area contributed by atoms with Gasteiger partial charge in [-0.2, -0.15) is 0 Å². The lowest BCUT2D eigenvalue weighted by atomic mass is 10.0. The lowest BCUT2D eigenvalue weighted by Crippen LogP contribution is -2.50. The van der Waals surface area contributed by atoms with Crippen molar-refractivity contribution in [2.45, 2.75) is 57.9 Å². The number of carbonyl (C=O) groups excluding carboxylic acids is 1. The summed E-state index contributed by atoms with van der Waals surface area (Å²) in [6.45, 7) is 5.00. The average Bonchev–Trinajstić information content (AvgIpc) is 2.48. The van der Waals surface area contributed by atoms with Gasteiger partial charge in [-0.3, -0.25) is 24.3 Å². The zero-order valence-electron chi connectivity index (χ0n) is 14.6. The number of hydrogen-bond acceptors (Lipinski definition) is 6. The van der Waals surface area contributed by atoms with Crippen LogP contribution in [0.15, 0.2) is 0 Å². The minimum Gasteiger partial charge on any atom is -0.481 e. The van der Waals surface area contributed by atoms with Crippen LogP contribution in [0.1, 0.15) is 40.0 Å². The molecule has 25 heavy (non-hydrogen) atoms. The van der Waals surface area contributed by atoms with E-state index in [4.69, 9.17) is 15.9 Å². The maximum atomic E-state index is 12.2. The standard InChI is InChI=1S/C14H28N3O7P/c1-8(2)6-10(13(20)17-9(3)14(21)22)16-7-25(23,24)11(15)4-5-12(18)19/h8-11,16H,4-7,15H2,1-3H3,(H,17,20)(H,18,19)(H,21,22)(H,23,24)/t9-,10-,11+/m0/s1. The predicted octanol–water partition coefficient (Wildman–Crippen LogP) is -0.0425. The van der Waals surface area contributed by atoms with Gasteiger partial charge in [-0.1, -0.05) is 13.8 Å². The van der Waals surface area contributed by atoms with Crippen molar-refractivity contribution in [3.05, 3.63) is 0 Å². The quantitative estimate of drug-likeness (QED) is 0.253. The first kappa shape index (κ1) is 23.5. The second kappa shape index (κ2) is 10.5. The number of nitrogens with two attached hydrogens (primary N) is 1. The molecular formula is C14H28N3O7P. The summed E-state index contributed by atoms with van der Waals surface area (Å²) in [5.41, 5.74) is 5.59. The zero-order valence-corrected chi connectivity index (χ0v) is 15.5. The monoisotopic (exact) mass is 381 g/mol. The highest BCUT2D eigenvalue weighted by atomic mass is 31.2. The number of rotatable bonds is 12. The molecule has 0 aromatic heterocycles. The number of nitrogens with one attached hydrogen (secondary N) is 2. The Balaban J connectivity index is 4.85. The Morgan fingerprint density at radius 3 is 2.16 bits per heavy atom.